The van der Waals surface area contributed by atoms with E-state index in [-0.39, 0.29) is 18.9 Å². The average molecular weight is 419 g/mol. The maximum absolute atomic E-state index is 11.6. The molecule has 0 saturated carbocycles. The molecule has 0 heterocycles. The van der Waals surface area contributed by atoms with Crippen molar-refractivity contribution in [3.05, 3.63) is 10.1 Å². The van der Waals surface area contributed by atoms with Gasteiger partial charge in [-0.25, -0.2) is 19.9 Å². The van der Waals surface area contributed by atoms with Gasteiger partial charge in [0, 0.05) is 6.54 Å². The molecule has 0 saturated heterocycles. The first-order valence-electron chi connectivity index (χ1n) is 7.19. The minimum atomic E-state index is -5.08. The lowest BCUT2D eigenvalue weighted by Gasteiger charge is -2.16. The number of carboxylic acid groups (broad SMARTS) is 1. The molecule has 162 valence electrons. The molecule has 0 aromatic carbocycles. The number of nitrogens with one attached hydrogen (secondary N) is 2. The van der Waals surface area contributed by atoms with E-state index in [1.807, 2.05) is 0 Å². The van der Waals surface area contributed by atoms with E-state index in [0.29, 0.717) is 6.42 Å². The Labute approximate surface area is 155 Å². The predicted octanol–water partition coefficient (Wildman–Crippen LogP) is -3.21. The van der Waals surface area contributed by atoms with Crippen LogP contribution in [0.25, 0.3) is 0 Å². The number of amides is 2. The van der Waals surface area contributed by atoms with Gasteiger partial charge < -0.3 is 32.7 Å². The van der Waals surface area contributed by atoms with Crippen LogP contribution in [0.5, 0.6) is 0 Å². The molecule has 0 aromatic rings. The Morgan fingerprint density at radius 2 is 1.75 bits per heavy atom. The topological polar surface area (TPSA) is 249 Å². The van der Waals surface area contributed by atoms with E-state index in [2.05, 4.69) is 10.3 Å². The van der Waals surface area contributed by atoms with Gasteiger partial charge in [0.25, 0.3) is 5.96 Å². The van der Waals surface area contributed by atoms with Gasteiger partial charge in [0.05, 0.1) is 12.6 Å². The molecule has 0 aliphatic carbocycles. The minimum absolute atomic E-state index is 0.132. The third-order valence-electron chi connectivity index (χ3n) is 2.58. The van der Waals surface area contributed by atoms with Crippen molar-refractivity contribution < 1.29 is 42.8 Å². The highest BCUT2D eigenvalue weighted by atomic mass is 19.4. The second-order valence-electron chi connectivity index (χ2n) is 4.83. The molecule has 14 nitrogen and oxygen atoms in total. The van der Waals surface area contributed by atoms with Gasteiger partial charge in [-0.2, -0.15) is 13.2 Å². The number of nitrogens with zero attached hydrogens (tertiary/aromatic N) is 2. The number of carboxylic acids is 1. The Kier molecular flexibility index (Phi) is 12.6. The van der Waals surface area contributed by atoms with Crippen LogP contribution in [0.2, 0.25) is 0 Å². The molecule has 0 bridgehead atoms. The molecule has 0 aliphatic heterocycles. The van der Waals surface area contributed by atoms with E-state index in [4.69, 9.17) is 32.2 Å². The number of guanidine groups is 1. The Balaban J connectivity index is 0. The lowest BCUT2D eigenvalue weighted by atomic mass is 10.1. The Bertz CT molecular complexity index is 585. The number of hydrogen-bond donors (Lipinski definition) is 7. The zero-order valence-corrected chi connectivity index (χ0v) is 14.2. The highest BCUT2D eigenvalue weighted by molar-refractivity contribution is 5.88. The Morgan fingerprint density at radius 3 is 2.11 bits per heavy atom. The fourth-order valence-corrected chi connectivity index (χ4v) is 1.26. The molecule has 0 spiro atoms. The number of nitrogens with two attached hydrogens (primary N) is 3. The standard InChI is InChI=1S/C9H19N7O5.C2HF3O2/c10-5(8(19)14-6(4-17)7(11)18)2-1-3-13-9(12)15-16(20)21;3-2(4,5)1(6)7/h5-6,17H,1-4,10H2,(H2,11,18)(H,14,19)(H3,12,13,15);(H,6,7)/t5-,6+;/m1./s1. The van der Waals surface area contributed by atoms with E-state index in [1.165, 1.54) is 0 Å². The summed E-state index contributed by atoms with van der Waals surface area (Å²) in [6.07, 6.45) is -4.53. The first-order chi connectivity index (χ1) is 12.7. The maximum atomic E-state index is 11.6. The van der Waals surface area contributed by atoms with Crippen LogP contribution in [0.1, 0.15) is 12.8 Å². The van der Waals surface area contributed by atoms with Crippen LogP contribution in [0.3, 0.4) is 0 Å². The first kappa shape index (κ1) is 27.0. The van der Waals surface area contributed by atoms with Crippen molar-refractivity contribution in [2.75, 3.05) is 13.2 Å². The third kappa shape index (κ3) is 14.0. The zero-order chi connectivity index (χ0) is 22.5. The van der Waals surface area contributed by atoms with Crippen LogP contribution in [0, 0.1) is 10.1 Å². The number of nitro groups is 1. The largest absolute Gasteiger partial charge is 0.490 e. The number of carbonyl (C=O) groups excluding carboxylic acids is 2. The van der Waals surface area contributed by atoms with Gasteiger partial charge in [-0.05, 0) is 12.8 Å². The van der Waals surface area contributed by atoms with Crippen LogP contribution in [0.15, 0.2) is 4.99 Å². The second-order valence-corrected chi connectivity index (χ2v) is 4.83. The van der Waals surface area contributed by atoms with Crippen LogP contribution in [-0.2, 0) is 14.4 Å². The van der Waals surface area contributed by atoms with E-state index in [0.717, 1.165) is 0 Å². The monoisotopic (exact) mass is 419 g/mol. The number of hydrogen-bond acceptors (Lipinski definition) is 8. The fraction of sp³-hybridized carbons (Fsp3) is 0.636. The summed E-state index contributed by atoms with van der Waals surface area (Å²) in [5.41, 5.74) is 17.3. The average Bonchev–Trinajstić information content (AvgIpc) is 2.54. The molecule has 0 aromatic heterocycles. The van der Waals surface area contributed by atoms with Crippen molar-refractivity contribution in [2.45, 2.75) is 31.1 Å². The summed E-state index contributed by atoms with van der Waals surface area (Å²) in [5, 5.41) is 27.3. The summed E-state index contributed by atoms with van der Waals surface area (Å²) in [4.78, 5) is 45.0. The van der Waals surface area contributed by atoms with Gasteiger partial charge in [-0.3, -0.25) is 9.59 Å². The molecule has 17 heteroatoms. The molecule has 0 aliphatic rings. The van der Waals surface area contributed by atoms with Crippen LogP contribution in [-0.4, -0.2) is 70.4 Å². The number of hydrazine groups is 1. The fourth-order valence-electron chi connectivity index (χ4n) is 1.26. The Morgan fingerprint density at radius 1 is 1.25 bits per heavy atom. The SMILES string of the molecule is NC(=O)[C@H](CO)NC(=O)[C@H](N)CCCN=C(N)N[N+](=O)[O-].O=C(O)C(F)(F)F. The van der Waals surface area contributed by atoms with E-state index < -0.39 is 47.7 Å². The molecule has 28 heavy (non-hydrogen) atoms. The van der Waals surface area contributed by atoms with Crippen LogP contribution in [0.4, 0.5) is 13.2 Å². The van der Waals surface area contributed by atoms with Crippen LogP contribution < -0.4 is 27.9 Å². The van der Waals surface area contributed by atoms with Crippen LogP contribution >= 0.6 is 0 Å². The second kappa shape index (κ2) is 13.0. The van der Waals surface area contributed by atoms with Gasteiger partial charge in [0.15, 0.2) is 5.03 Å². The highest BCUT2D eigenvalue weighted by Crippen LogP contribution is 2.13. The summed E-state index contributed by atoms with van der Waals surface area (Å²) in [6, 6.07) is -2.13. The van der Waals surface area contributed by atoms with Crippen molar-refractivity contribution in [3.8, 4) is 0 Å². The Hall–Kier alpha value is -3.21. The lowest BCUT2D eigenvalue weighted by Crippen LogP contribution is -2.52. The molecule has 0 radical (unpaired) electrons. The smallest absolute Gasteiger partial charge is 0.475 e. The van der Waals surface area contributed by atoms with Gasteiger partial charge in [-0.15, -0.1) is 0 Å². The molecule has 2 atom stereocenters. The third-order valence-corrected chi connectivity index (χ3v) is 2.58. The maximum Gasteiger partial charge on any atom is 0.490 e. The number of primary amides is 1. The van der Waals surface area contributed by atoms with E-state index >= 15 is 0 Å². The number of aliphatic hydroxyl groups excluding tert-OH is 1. The van der Waals surface area contributed by atoms with Gasteiger partial charge in [0.1, 0.15) is 6.04 Å². The van der Waals surface area contributed by atoms with Crippen molar-refractivity contribution in [3.63, 3.8) is 0 Å². The highest BCUT2D eigenvalue weighted by Gasteiger charge is 2.38. The number of rotatable bonds is 9. The normalized spacial score (nSPS) is 13.4. The first-order valence-corrected chi connectivity index (χ1v) is 7.19. The number of aliphatic imine (C=N–C) groups is 1. The summed E-state index contributed by atoms with van der Waals surface area (Å²) >= 11 is 0. The quantitative estimate of drug-likeness (QED) is 0.0647. The molecule has 0 rings (SSSR count). The van der Waals surface area contributed by atoms with Crippen molar-refractivity contribution >= 4 is 23.7 Å². The lowest BCUT2D eigenvalue weighted by molar-refractivity contribution is -0.525. The molecular weight excluding hydrogens is 399 g/mol. The van der Waals surface area contributed by atoms with Crippen molar-refractivity contribution in [1.82, 2.24) is 10.7 Å². The van der Waals surface area contributed by atoms with Gasteiger partial charge in [-0.1, -0.05) is 5.43 Å². The predicted molar refractivity (Wildman–Crippen MR) is 85.7 cm³/mol. The summed E-state index contributed by atoms with van der Waals surface area (Å²) < 4.78 is 31.7. The molecule has 0 unspecified atom stereocenters. The van der Waals surface area contributed by atoms with Gasteiger partial charge in [0.2, 0.25) is 11.8 Å². The summed E-state index contributed by atoms with van der Waals surface area (Å²) in [5.74, 6) is -4.63. The summed E-state index contributed by atoms with van der Waals surface area (Å²) in [7, 11) is 0. The molecule has 2 amide bonds. The molecule has 10 N–H and O–H groups in total. The summed E-state index contributed by atoms with van der Waals surface area (Å²) in [6.45, 7) is -0.492. The van der Waals surface area contributed by atoms with Gasteiger partial charge >= 0.3 is 12.1 Å². The number of carbonyl (C=O) groups is 3. The number of aliphatic carboxylic acids is 1. The van der Waals surface area contributed by atoms with E-state index in [9.17, 15) is 32.9 Å². The van der Waals surface area contributed by atoms with Crippen molar-refractivity contribution in [1.29, 1.82) is 0 Å². The number of alkyl halides is 3. The number of aliphatic hydroxyl groups is 1. The number of halogens is 3. The van der Waals surface area contributed by atoms with Crippen molar-refractivity contribution in [2.24, 2.45) is 22.2 Å². The molecular formula is C11H20F3N7O7. The van der Waals surface area contributed by atoms with E-state index in [1.54, 1.807) is 5.43 Å². The molecule has 0 fully saturated rings. The zero-order valence-electron chi connectivity index (χ0n) is 14.2. The minimum Gasteiger partial charge on any atom is -0.475 e.